The van der Waals surface area contributed by atoms with Crippen LogP contribution in [0.2, 0.25) is 0 Å². The second-order valence-corrected chi connectivity index (χ2v) is 3.44. The summed E-state index contributed by atoms with van der Waals surface area (Å²) in [4.78, 5) is 49.3. The molecule has 8 nitrogen and oxygen atoms in total. The summed E-state index contributed by atoms with van der Waals surface area (Å²) in [5.74, 6) is -3.07. The summed E-state index contributed by atoms with van der Waals surface area (Å²) in [6.07, 6.45) is 0.839. The van der Waals surface area contributed by atoms with E-state index in [1.165, 1.54) is 0 Å². The molecule has 1 aliphatic heterocycles. The Morgan fingerprint density at radius 3 is 2.44 bits per heavy atom. The summed E-state index contributed by atoms with van der Waals surface area (Å²) >= 11 is 0. The number of carbonyl (C=O) groups excluding carboxylic acids is 4. The van der Waals surface area contributed by atoms with Gasteiger partial charge in [-0.1, -0.05) is 6.58 Å². The molecule has 98 valence electrons. The topological polar surface area (TPSA) is 113 Å². The maximum Gasteiger partial charge on any atom is 0.357 e. The van der Waals surface area contributed by atoms with Gasteiger partial charge >= 0.3 is 5.97 Å². The van der Waals surface area contributed by atoms with Crippen molar-refractivity contribution in [2.45, 2.75) is 18.9 Å². The van der Waals surface area contributed by atoms with Crippen LogP contribution in [0, 0.1) is 0 Å². The first kappa shape index (κ1) is 13.8. The maximum absolute atomic E-state index is 11.5. The molecule has 0 aromatic carbocycles. The van der Waals surface area contributed by atoms with Crippen molar-refractivity contribution in [2.24, 2.45) is 0 Å². The van der Waals surface area contributed by atoms with Gasteiger partial charge in [0.05, 0.1) is 6.61 Å². The fourth-order valence-corrected chi connectivity index (χ4v) is 1.22. The molecule has 0 saturated carbocycles. The second kappa shape index (κ2) is 5.92. The normalized spacial score (nSPS) is 16.4. The Morgan fingerprint density at radius 2 is 2.00 bits per heavy atom. The largest absolute Gasteiger partial charge is 0.394 e. The average molecular weight is 256 g/mol. The molecule has 2 N–H and O–H groups in total. The van der Waals surface area contributed by atoms with Crippen LogP contribution in [0.1, 0.15) is 12.8 Å². The number of aliphatic hydroxyl groups is 1. The Kier molecular flexibility index (Phi) is 4.55. The molecule has 0 radical (unpaired) electrons. The highest BCUT2D eigenvalue weighted by molar-refractivity contribution is 6.02. The van der Waals surface area contributed by atoms with Crippen LogP contribution in [0.3, 0.4) is 0 Å². The van der Waals surface area contributed by atoms with Crippen molar-refractivity contribution in [3.05, 3.63) is 12.7 Å². The molecule has 0 aliphatic carbocycles. The Bertz CT molecular complexity index is 389. The first-order valence-corrected chi connectivity index (χ1v) is 5.11. The van der Waals surface area contributed by atoms with Crippen molar-refractivity contribution in [1.29, 1.82) is 0 Å². The van der Waals surface area contributed by atoms with E-state index < -0.39 is 36.3 Å². The van der Waals surface area contributed by atoms with Crippen LogP contribution in [0.4, 0.5) is 0 Å². The lowest BCUT2D eigenvalue weighted by Crippen LogP contribution is -2.46. The van der Waals surface area contributed by atoms with E-state index in [1.54, 1.807) is 0 Å². The van der Waals surface area contributed by atoms with Gasteiger partial charge in [0.25, 0.3) is 11.8 Å². The van der Waals surface area contributed by atoms with Crippen LogP contribution in [-0.4, -0.2) is 46.5 Å². The Balaban J connectivity index is 2.62. The van der Waals surface area contributed by atoms with E-state index in [2.05, 4.69) is 16.7 Å². The molecule has 1 heterocycles. The number of nitrogens with one attached hydrogen (secondary N) is 1. The first-order chi connectivity index (χ1) is 8.49. The molecule has 0 aromatic heterocycles. The number of hydrogen-bond acceptors (Lipinski definition) is 6. The fourth-order valence-electron chi connectivity index (χ4n) is 1.22. The summed E-state index contributed by atoms with van der Waals surface area (Å²) in [6.45, 7) is 2.44. The molecule has 1 aliphatic rings. The van der Waals surface area contributed by atoms with Crippen LogP contribution < -0.4 is 5.32 Å². The highest BCUT2D eigenvalue weighted by Crippen LogP contribution is 2.12. The van der Waals surface area contributed by atoms with Crippen LogP contribution in [0.5, 0.6) is 0 Å². The molecule has 0 bridgehead atoms. The molecule has 18 heavy (non-hydrogen) atoms. The van der Waals surface area contributed by atoms with Gasteiger partial charge in [-0.2, -0.15) is 0 Å². The quantitative estimate of drug-likeness (QED) is 0.446. The van der Waals surface area contributed by atoms with Gasteiger partial charge in [0.15, 0.2) is 6.04 Å². The SMILES string of the molecule is C=CC(=O)NC(CO)C(=O)ON1C(=O)CCC1=O. The lowest BCUT2D eigenvalue weighted by Gasteiger charge is -2.17. The van der Waals surface area contributed by atoms with Crippen LogP contribution in [0.25, 0.3) is 0 Å². The molecule has 1 rings (SSSR count). The molecule has 8 heteroatoms. The molecule has 1 saturated heterocycles. The predicted octanol–water partition coefficient (Wildman–Crippen LogP) is -1.74. The number of hydrogen-bond donors (Lipinski definition) is 2. The van der Waals surface area contributed by atoms with Crippen molar-refractivity contribution in [3.63, 3.8) is 0 Å². The Labute approximate surface area is 102 Å². The second-order valence-electron chi connectivity index (χ2n) is 3.44. The van der Waals surface area contributed by atoms with E-state index in [9.17, 15) is 19.2 Å². The molecular weight excluding hydrogens is 244 g/mol. The summed E-state index contributed by atoms with van der Waals surface area (Å²) in [5, 5.41) is 11.3. The van der Waals surface area contributed by atoms with Crippen molar-refractivity contribution < 1.29 is 29.1 Å². The van der Waals surface area contributed by atoms with E-state index in [0.29, 0.717) is 5.06 Å². The zero-order chi connectivity index (χ0) is 13.7. The number of carbonyl (C=O) groups is 4. The highest BCUT2D eigenvalue weighted by Gasteiger charge is 2.34. The van der Waals surface area contributed by atoms with Gasteiger partial charge in [-0.05, 0) is 6.08 Å². The van der Waals surface area contributed by atoms with E-state index >= 15 is 0 Å². The molecule has 0 spiro atoms. The summed E-state index contributed by atoms with van der Waals surface area (Å²) in [7, 11) is 0. The van der Waals surface area contributed by atoms with Gasteiger partial charge in [-0.15, -0.1) is 5.06 Å². The van der Waals surface area contributed by atoms with Gasteiger partial charge in [0, 0.05) is 12.8 Å². The number of hydroxylamine groups is 2. The Morgan fingerprint density at radius 1 is 1.44 bits per heavy atom. The van der Waals surface area contributed by atoms with Crippen molar-refractivity contribution in [3.8, 4) is 0 Å². The number of imide groups is 1. The fraction of sp³-hybridized carbons (Fsp3) is 0.400. The minimum Gasteiger partial charge on any atom is -0.394 e. The monoisotopic (exact) mass is 256 g/mol. The van der Waals surface area contributed by atoms with Crippen LogP contribution in [0.15, 0.2) is 12.7 Å². The van der Waals surface area contributed by atoms with Gasteiger partial charge in [-0.3, -0.25) is 14.4 Å². The summed E-state index contributed by atoms with van der Waals surface area (Å²) in [5.41, 5.74) is 0. The van der Waals surface area contributed by atoms with Crippen molar-refractivity contribution in [1.82, 2.24) is 10.4 Å². The van der Waals surface area contributed by atoms with E-state index in [1.807, 2.05) is 0 Å². The molecule has 1 atom stereocenters. The molecule has 3 amide bonds. The number of nitrogens with zero attached hydrogens (tertiary/aromatic N) is 1. The van der Waals surface area contributed by atoms with E-state index in [4.69, 9.17) is 5.11 Å². The third-order valence-corrected chi connectivity index (χ3v) is 2.16. The maximum atomic E-state index is 11.5. The zero-order valence-corrected chi connectivity index (χ0v) is 9.42. The number of rotatable bonds is 5. The smallest absolute Gasteiger partial charge is 0.357 e. The molecular formula is C10H12N2O6. The lowest BCUT2D eigenvalue weighted by molar-refractivity contribution is -0.199. The molecule has 0 aromatic rings. The minimum atomic E-state index is -1.36. The van der Waals surface area contributed by atoms with Crippen molar-refractivity contribution in [2.75, 3.05) is 6.61 Å². The molecule has 1 fully saturated rings. The minimum absolute atomic E-state index is 0.0328. The average Bonchev–Trinajstić information content (AvgIpc) is 2.67. The van der Waals surface area contributed by atoms with Gasteiger partial charge in [0.2, 0.25) is 5.91 Å². The first-order valence-electron chi connectivity index (χ1n) is 5.11. The van der Waals surface area contributed by atoms with E-state index in [-0.39, 0.29) is 12.8 Å². The van der Waals surface area contributed by atoms with Gasteiger partial charge in [0.1, 0.15) is 0 Å². The summed E-state index contributed by atoms with van der Waals surface area (Å²) in [6, 6.07) is -1.36. The molecule has 1 unspecified atom stereocenters. The standard InChI is InChI=1S/C10H12N2O6/c1-2-7(14)11-6(5-13)10(17)18-12-8(15)3-4-9(12)16/h2,6,13H,1,3-5H2,(H,11,14). The number of amides is 3. The lowest BCUT2D eigenvalue weighted by atomic mass is 10.3. The predicted molar refractivity (Wildman–Crippen MR) is 56.4 cm³/mol. The van der Waals surface area contributed by atoms with Crippen molar-refractivity contribution >= 4 is 23.7 Å². The third-order valence-electron chi connectivity index (χ3n) is 2.16. The zero-order valence-electron chi connectivity index (χ0n) is 9.42. The Hall–Kier alpha value is -2.22. The third kappa shape index (κ3) is 3.14. The number of aliphatic hydroxyl groups excluding tert-OH is 1. The van der Waals surface area contributed by atoms with Crippen LogP contribution in [-0.2, 0) is 24.0 Å². The van der Waals surface area contributed by atoms with Crippen LogP contribution >= 0.6 is 0 Å². The highest BCUT2D eigenvalue weighted by atomic mass is 16.7. The van der Waals surface area contributed by atoms with Gasteiger partial charge in [-0.25, -0.2) is 4.79 Å². The summed E-state index contributed by atoms with van der Waals surface area (Å²) < 4.78 is 0. The van der Waals surface area contributed by atoms with E-state index in [0.717, 1.165) is 6.08 Å². The van der Waals surface area contributed by atoms with Gasteiger partial charge < -0.3 is 15.3 Å².